The molecule has 2 unspecified atom stereocenters. The van der Waals surface area contributed by atoms with E-state index in [2.05, 4.69) is 6.07 Å². The van der Waals surface area contributed by atoms with Crippen LogP contribution in [0.2, 0.25) is 0 Å². The molecule has 8 nitrogen and oxygen atoms in total. The first kappa shape index (κ1) is 20.8. The maximum absolute atomic E-state index is 13.5. The lowest BCUT2D eigenvalue weighted by Crippen LogP contribution is -2.34. The Bertz CT molecular complexity index is 1440. The first-order valence-electron chi connectivity index (χ1n) is 11.6. The Morgan fingerprint density at radius 2 is 1.68 bits per heavy atom. The summed E-state index contributed by atoms with van der Waals surface area (Å²) in [5, 5.41) is 0. The molecular formula is C26H25N3O5. The zero-order valence-corrected chi connectivity index (χ0v) is 19.0. The SMILES string of the molecule is CCOC(=O)/C=C1/c2ccccc2[C@@H]2C3CC([C@H]12)n1c(=O)n(Cc2ccc(OC)cc2)c(=O)n13. The monoisotopic (exact) mass is 459 g/mol. The molecule has 2 heterocycles. The molecule has 174 valence electrons. The van der Waals surface area contributed by atoms with Gasteiger partial charge in [0.15, 0.2) is 0 Å². The lowest BCUT2D eigenvalue weighted by molar-refractivity contribution is -0.137. The number of hydrogen-bond donors (Lipinski definition) is 0. The van der Waals surface area contributed by atoms with Gasteiger partial charge in [0.25, 0.3) is 0 Å². The van der Waals surface area contributed by atoms with Crippen LogP contribution in [0.15, 0.2) is 64.2 Å². The standard InChI is InChI=1S/C26H25N3O5/c1-3-34-22(30)12-19-17-6-4-5-7-18(17)23-20-13-21(24(19)23)29-26(32)27(25(31)28(20)29)14-15-8-10-16(33-2)11-9-15/h4-12,20-21,23-24H,3,13-14H2,1-2H3/b19-12-/t20?,21?,23-,24+/m1/s1. The van der Waals surface area contributed by atoms with Gasteiger partial charge < -0.3 is 9.47 Å². The number of carbonyl (C=O) groups excluding carboxylic acids is 1. The molecule has 1 aromatic heterocycles. The first-order valence-corrected chi connectivity index (χ1v) is 11.6. The summed E-state index contributed by atoms with van der Waals surface area (Å²) in [6, 6.07) is 15.1. The van der Waals surface area contributed by atoms with Gasteiger partial charge in [0.1, 0.15) is 5.75 Å². The number of nitrogens with zero attached hydrogens (tertiary/aromatic N) is 3. The molecule has 1 fully saturated rings. The van der Waals surface area contributed by atoms with E-state index in [-0.39, 0.29) is 47.8 Å². The number of esters is 1. The van der Waals surface area contributed by atoms with Crippen LogP contribution in [-0.4, -0.2) is 33.6 Å². The fraction of sp³-hybridized carbons (Fsp3) is 0.346. The van der Waals surface area contributed by atoms with Gasteiger partial charge in [0, 0.05) is 17.9 Å². The van der Waals surface area contributed by atoms with Crippen molar-refractivity contribution in [2.75, 3.05) is 13.7 Å². The quantitative estimate of drug-likeness (QED) is 0.433. The van der Waals surface area contributed by atoms with Crippen LogP contribution in [0.3, 0.4) is 0 Å². The topological polar surface area (TPSA) is 84.5 Å². The van der Waals surface area contributed by atoms with Crippen molar-refractivity contribution in [1.29, 1.82) is 0 Å². The number of rotatable bonds is 5. The van der Waals surface area contributed by atoms with Crippen LogP contribution in [-0.2, 0) is 16.1 Å². The van der Waals surface area contributed by atoms with Crippen molar-refractivity contribution >= 4 is 11.5 Å². The Labute approximate surface area is 195 Å². The molecular weight excluding hydrogens is 434 g/mol. The molecule has 0 spiro atoms. The first-order chi connectivity index (χ1) is 16.5. The minimum atomic E-state index is -0.377. The van der Waals surface area contributed by atoms with Crippen LogP contribution >= 0.6 is 0 Å². The molecule has 0 amide bonds. The van der Waals surface area contributed by atoms with E-state index in [9.17, 15) is 14.4 Å². The van der Waals surface area contributed by atoms with Gasteiger partial charge in [0.05, 0.1) is 32.3 Å². The molecule has 4 atom stereocenters. The van der Waals surface area contributed by atoms with Crippen LogP contribution in [0.25, 0.3) is 5.57 Å². The van der Waals surface area contributed by atoms with Gasteiger partial charge in [-0.3, -0.25) is 0 Å². The maximum atomic E-state index is 13.5. The number of methoxy groups -OCH3 is 1. The molecule has 1 aliphatic heterocycles. The smallest absolute Gasteiger partial charge is 0.347 e. The van der Waals surface area contributed by atoms with Gasteiger partial charge >= 0.3 is 17.3 Å². The summed E-state index contributed by atoms with van der Waals surface area (Å²) in [5.41, 5.74) is 3.30. The average molecular weight is 460 g/mol. The molecule has 0 saturated heterocycles. The van der Waals surface area contributed by atoms with Gasteiger partial charge in [0.2, 0.25) is 0 Å². The van der Waals surface area contributed by atoms with Gasteiger partial charge in [-0.05, 0) is 47.7 Å². The van der Waals surface area contributed by atoms with Crippen molar-refractivity contribution in [3.63, 3.8) is 0 Å². The highest BCUT2D eigenvalue weighted by molar-refractivity contribution is 5.94. The third kappa shape index (κ3) is 2.81. The highest BCUT2D eigenvalue weighted by atomic mass is 16.5. The summed E-state index contributed by atoms with van der Waals surface area (Å²) in [6.07, 6.45) is 2.28. The lowest BCUT2D eigenvalue weighted by Gasteiger charge is -2.28. The number of fused-ring (bicyclic) bond motifs is 10. The van der Waals surface area contributed by atoms with Crippen LogP contribution in [0.4, 0.5) is 0 Å². The van der Waals surface area contributed by atoms with Gasteiger partial charge in [-0.15, -0.1) is 0 Å². The van der Waals surface area contributed by atoms with E-state index >= 15 is 0 Å². The van der Waals surface area contributed by atoms with Crippen molar-refractivity contribution < 1.29 is 14.3 Å². The average Bonchev–Trinajstić information content (AvgIpc) is 3.56. The van der Waals surface area contributed by atoms with Gasteiger partial charge in [-0.2, -0.15) is 0 Å². The summed E-state index contributed by atoms with van der Waals surface area (Å²) in [4.78, 5) is 39.3. The Hall–Kier alpha value is -3.81. The Morgan fingerprint density at radius 3 is 2.35 bits per heavy atom. The fourth-order valence-corrected chi connectivity index (χ4v) is 6.21. The number of ether oxygens (including phenoxy) is 2. The van der Waals surface area contributed by atoms with Gasteiger partial charge in [-0.1, -0.05) is 36.4 Å². The van der Waals surface area contributed by atoms with Crippen molar-refractivity contribution in [3.05, 3.63) is 92.3 Å². The summed E-state index contributed by atoms with van der Waals surface area (Å²) in [7, 11) is 1.60. The summed E-state index contributed by atoms with van der Waals surface area (Å²) >= 11 is 0. The molecule has 2 aromatic carbocycles. The number of hydrogen-bond acceptors (Lipinski definition) is 5. The normalized spacial score (nSPS) is 24.7. The predicted octanol–water partition coefficient (Wildman–Crippen LogP) is 2.73. The Balaban J connectivity index is 1.44. The number of aromatic nitrogens is 3. The van der Waals surface area contributed by atoms with E-state index in [1.807, 2.05) is 42.5 Å². The van der Waals surface area contributed by atoms with Crippen molar-refractivity contribution in [2.45, 2.75) is 37.9 Å². The molecule has 1 saturated carbocycles. The number of benzene rings is 2. The van der Waals surface area contributed by atoms with Crippen molar-refractivity contribution in [2.24, 2.45) is 5.92 Å². The van der Waals surface area contributed by atoms with Crippen molar-refractivity contribution in [1.82, 2.24) is 13.9 Å². The number of carbonyl (C=O) groups is 1. The largest absolute Gasteiger partial charge is 0.497 e. The molecule has 3 aliphatic rings. The second-order valence-electron chi connectivity index (χ2n) is 9.05. The van der Waals surface area contributed by atoms with E-state index < -0.39 is 0 Å². The molecule has 0 N–H and O–H groups in total. The number of allylic oxidation sites excluding steroid dienone is 1. The molecule has 8 heteroatoms. The summed E-state index contributed by atoms with van der Waals surface area (Å²) in [6.45, 7) is 2.28. The maximum Gasteiger partial charge on any atom is 0.347 e. The van der Waals surface area contributed by atoms with Crippen LogP contribution < -0.4 is 16.1 Å². The van der Waals surface area contributed by atoms with E-state index in [4.69, 9.17) is 9.47 Å². The lowest BCUT2D eigenvalue weighted by atomic mass is 9.89. The molecule has 2 aliphatic carbocycles. The van der Waals surface area contributed by atoms with E-state index in [0.717, 1.165) is 28.0 Å². The highest BCUT2D eigenvalue weighted by Crippen LogP contribution is 2.64. The van der Waals surface area contributed by atoms with E-state index in [0.29, 0.717) is 13.0 Å². The molecule has 34 heavy (non-hydrogen) atoms. The zero-order chi connectivity index (χ0) is 23.6. The van der Waals surface area contributed by atoms with Crippen molar-refractivity contribution in [3.8, 4) is 5.75 Å². The third-order valence-electron chi connectivity index (χ3n) is 7.46. The minimum absolute atomic E-state index is 0.0410. The Kier molecular flexibility index (Phi) is 4.65. The molecule has 3 aromatic rings. The second kappa shape index (κ2) is 7.62. The summed E-state index contributed by atoms with van der Waals surface area (Å²) < 4.78 is 15.0. The molecule has 6 rings (SSSR count). The Morgan fingerprint density at radius 1 is 1.00 bits per heavy atom. The predicted molar refractivity (Wildman–Crippen MR) is 125 cm³/mol. The second-order valence-corrected chi connectivity index (χ2v) is 9.05. The highest BCUT2D eigenvalue weighted by Gasteiger charge is 2.58. The van der Waals surface area contributed by atoms with Gasteiger partial charge in [-0.25, -0.2) is 28.3 Å². The molecule has 2 bridgehead atoms. The minimum Gasteiger partial charge on any atom is -0.497 e. The van der Waals surface area contributed by atoms with Crippen LogP contribution in [0, 0.1) is 5.92 Å². The molecule has 0 radical (unpaired) electrons. The van der Waals surface area contributed by atoms with Crippen LogP contribution in [0.5, 0.6) is 5.75 Å². The fourth-order valence-electron chi connectivity index (χ4n) is 6.21. The summed E-state index contributed by atoms with van der Waals surface area (Å²) in [5.74, 6) is 0.353. The van der Waals surface area contributed by atoms with E-state index in [1.165, 1.54) is 4.57 Å². The third-order valence-corrected chi connectivity index (χ3v) is 7.46. The zero-order valence-electron chi connectivity index (χ0n) is 19.0. The van der Waals surface area contributed by atoms with Crippen LogP contribution in [0.1, 0.15) is 48.0 Å². The van der Waals surface area contributed by atoms with E-state index in [1.54, 1.807) is 29.5 Å².